The summed E-state index contributed by atoms with van der Waals surface area (Å²) in [6.07, 6.45) is 1.03. The summed E-state index contributed by atoms with van der Waals surface area (Å²) in [5, 5.41) is 3.06. The van der Waals surface area contributed by atoms with Gasteiger partial charge in [0, 0.05) is 19.1 Å². The summed E-state index contributed by atoms with van der Waals surface area (Å²) in [6, 6.07) is 0.284. The van der Waals surface area contributed by atoms with Crippen molar-refractivity contribution in [2.75, 3.05) is 39.9 Å². The van der Waals surface area contributed by atoms with Crippen LogP contribution in [0.25, 0.3) is 0 Å². The quantitative estimate of drug-likeness (QED) is 0.617. The summed E-state index contributed by atoms with van der Waals surface area (Å²) in [5.41, 5.74) is 5.18. The van der Waals surface area contributed by atoms with Gasteiger partial charge in [-0.25, -0.2) is 0 Å². The average molecular weight is 213 g/mol. The molecular formula is C10H19N3O2. The first-order chi connectivity index (χ1) is 7.16. The minimum Gasteiger partial charge on any atom is -0.379 e. The molecule has 0 saturated carbocycles. The molecule has 1 unspecified atom stereocenters. The van der Waals surface area contributed by atoms with Gasteiger partial charge in [-0.2, -0.15) is 0 Å². The van der Waals surface area contributed by atoms with Gasteiger partial charge in [-0.05, 0) is 20.0 Å². The highest BCUT2D eigenvalue weighted by atomic mass is 16.5. The number of likely N-dealkylation sites (N-methyl/N-ethyl adjacent to an activating group) is 1. The molecule has 1 atom stereocenters. The van der Waals surface area contributed by atoms with E-state index in [1.165, 1.54) is 0 Å². The number of hydrogen-bond acceptors (Lipinski definition) is 4. The normalized spacial score (nSPS) is 29.9. The number of nitrogens with two attached hydrogens (primary N) is 1. The van der Waals surface area contributed by atoms with Crippen LogP contribution in [0.15, 0.2) is 0 Å². The van der Waals surface area contributed by atoms with Crippen molar-refractivity contribution in [3.63, 3.8) is 0 Å². The van der Waals surface area contributed by atoms with Crippen molar-refractivity contribution in [2.24, 2.45) is 11.1 Å². The lowest BCUT2D eigenvalue weighted by molar-refractivity contribution is -0.160. The maximum atomic E-state index is 12.0. The number of hydrogen-bond donors (Lipinski definition) is 2. The van der Waals surface area contributed by atoms with Crippen LogP contribution in [0.3, 0.4) is 0 Å². The van der Waals surface area contributed by atoms with Gasteiger partial charge in [-0.3, -0.25) is 4.79 Å². The predicted octanol–water partition coefficient (Wildman–Crippen LogP) is -1.22. The fraction of sp³-hybridized carbons (Fsp3) is 0.900. The lowest BCUT2D eigenvalue weighted by atomic mass is 9.85. The number of ether oxygens (including phenoxy) is 1. The molecule has 0 aromatic carbocycles. The second-order valence-corrected chi connectivity index (χ2v) is 4.70. The first-order valence-corrected chi connectivity index (χ1v) is 5.44. The van der Waals surface area contributed by atoms with Gasteiger partial charge < -0.3 is 20.7 Å². The van der Waals surface area contributed by atoms with E-state index in [2.05, 4.69) is 17.3 Å². The first kappa shape index (κ1) is 10.9. The Morgan fingerprint density at radius 2 is 2.40 bits per heavy atom. The fourth-order valence-electron chi connectivity index (χ4n) is 2.08. The molecule has 2 rings (SSSR count). The van der Waals surface area contributed by atoms with E-state index in [0.29, 0.717) is 19.8 Å². The SMILES string of the molecule is CN1CCC(NC(=O)C2(CN)COC2)C1. The summed E-state index contributed by atoms with van der Waals surface area (Å²) in [5.74, 6) is 0.0663. The van der Waals surface area contributed by atoms with E-state index in [-0.39, 0.29) is 11.9 Å². The van der Waals surface area contributed by atoms with Crippen LogP contribution < -0.4 is 11.1 Å². The topological polar surface area (TPSA) is 67.6 Å². The van der Waals surface area contributed by atoms with Crippen LogP contribution in [-0.4, -0.2) is 56.7 Å². The van der Waals surface area contributed by atoms with Gasteiger partial charge in [0.05, 0.1) is 13.2 Å². The van der Waals surface area contributed by atoms with Crippen molar-refractivity contribution >= 4 is 5.91 Å². The van der Waals surface area contributed by atoms with Crippen LogP contribution in [0.4, 0.5) is 0 Å². The van der Waals surface area contributed by atoms with Crippen molar-refractivity contribution < 1.29 is 9.53 Å². The zero-order valence-corrected chi connectivity index (χ0v) is 9.16. The van der Waals surface area contributed by atoms with Crippen molar-refractivity contribution in [3.8, 4) is 0 Å². The van der Waals surface area contributed by atoms with Gasteiger partial charge in [-0.1, -0.05) is 0 Å². The Bertz CT molecular complexity index is 248. The van der Waals surface area contributed by atoms with Gasteiger partial charge in [0.2, 0.25) is 5.91 Å². The third-order valence-electron chi connectivity index (χ3n) is 3.36. The summed E-state index contributed by atoms with van der Waals surface area (Å²) >= 11 is 0. The van der Waals surface area contributed by atoms with E-state index in [4.69, 9.17) is 10.5 Å². The number of rotatable bonds is 3. The van der Waals surface area contributed by atoms with Crippen molar-refractivity contribution in [3.05, 3.63) is 0 Å². The van der Waals surface area contributed by atoms with Gasteiger partial charge in [0.15, 0.2) is 0 Å². The van der Waals surface area contributed by atoms with Crippen molar-refractivity contribution in [1.82, 2.24) is 10.2 Å². The van der Waals surface area contributed by atoms with Crippen molar-refractivity contribution in [1.29, 1.82) is 0 Å². The molecule has 0 aliphatic carbocycles. The molecule has 5 heteroatoms. The monoisotopic (exact) mass is 213 g/mol. The number of nitrogens with one attached hydrogen (secondary N) is 1. The molecule has 0 radical (unpaired) electrons. The molecule has 0 aromatic rings. The molecule has 15 heavy (non-hydrogen) atoms. The molecule has 0 aromatic heterocycles. The molecule has 2 fully saturated rings. The number of carbonyl (C=O) groups excluding carboxylic acids is 1. The highest BCUT2D eigenvalue weighted by molar-refractivity contribution is 5.84. The fourth-order valence-corrected chi connectivity index (χ4v) is 2.08. The highest BCUT2D eigenvalue weighted by Crippen LogP contribution is 2.26. The zero-order valence-electron chi connectivity index (χ0n) is 9.16. The third-order valence-corrected chi connectivity index (χ3v) is 3.36. The summed E-state index contributed by atoms with van der Waals surface area (Å²) < 4.78 is 5.08. The van der Waals surface area contributed by atoms with Crippen LogP contribution in [0, 0.1) is 5.41 Å². The number of carbonyl (C=O) groups is 1. The second-order valence-electron chi connectivity index (χ2n) is 4.70. The predicted molar refractivity (Wildman–Crippen MR) is 56.4 cm³/mol. The van der Waals surface area contributed by atoms with Gasteiger partial charge in [-0.15, -0.1) is 0 Å². The van der Waals surface area contributed by atoms with E-state index >= 15 is 0 Å². The third kappa shape index (κ3) is 2.00. The molecule has 0 bridgehead atoms. The number of nitrogens with zero attached hydrogens (tertiary/aromatic N) is 1. The average Bonchev–Trinajstić information content (AvgIpc) is 2.50. The summed E-state index contributed by atoms with van der Waals surface area (Å²) in [4.78, 5) is 14.2. The van der Waals surface area contributed by atoms with Crippen molar-refractivity contribution in [2.45, 2.75) is 12.5 Å². The number of amides is 1. The van der Waals surface area contributed by atoms with Gasteiger partial charge in [0.25, 0.3) is 0 Å². The highest BCUT2D eigenvalue weighted by Gasteiger charge is 2.45. The molecule has 1 amide bonds. The van der Waals surface area contributed by atoms with Crippen LogP contribution in [-0.2, 0) is 9.53 Å². The Balaban J connectivity index is 1.86. The van der Waals surface area contributed by atoms with Crippen LogP contribution in [0.1, 0.15) is 6.42 Å². The van der Waals surface area contributed by atoms with E-state index in [1.54, 1.807) is 0 Å². The van der Waals surface area contributed by atoms with Gasteiger partial charge >= 0.3 is 0 Å². The maximum absolute atomic E-state index is 12.0. The molecule has 2 heterocycles. The Labute approximate surface area is 89.9 Å². The lowest BCUT2D eigenvalue weighted by Gasteiger charge is -2.39. The molecule has 2 saturated heterocycles. The van der Waals surface area contributed by atoms with E-state index < -0.39 is 5.41 Å². The second kappa shape index (κ2) is 4.08. The Hall–Kier alpha value is -0.650. The zero-order chi connectivity index (χ0) is 10.9. The molecule has 2 aliphatic rings. The molecule has 3 N–H and O–H groups in total. The molecular weight excluding hydrogens is 194 g/mol. The summed E-state index contributed by atoms with van der Waals surface area (Å²) in [6.45, 7) is 3.31. The molecule has 86 valence electrons. The van der Waals surface area contributed by atoms with E-state index in [0.717, 1.165) is 19.5 Å². The maximum Gasteiger partial charge on any atom is 0.232 e. The smallest absolute Gasteiger partial charge is 0.232 e. The minimum atomic E-state index is -0.443. The van der Waals surface area contributed by atoms with Crippen LogP contribution >= 0.6 is 0 Å². The Kier molecular flexibility index (Phi) is 2.95. The molecule has 5 nitrogen and oxygen atoms in total. The minimum absolute atomic E-state index is 0.0663. The summed E-state index contributed by atoms with van der Waals surface area (Å²) in [7, 11) is 2.07. The number of likely N-dealkylation sites (tertiary alicyclic amines) is 1. The van der Waals surface area contributed by atoms with E-state index in [9.17, 15) is 4.79 Å². The first-order valence-electron chi connectivity index (χ1n) is 5.44. The van der Waals surface area contributed by atoms with E-state index in [1.807, 2.05) is 0 Å². The standard InChI is InChI=1S/C10H19N3O2/c1-13-3-2-8(4-13)12-9(14)10(5-11)6-15-7-10/h8H,2-7,11H2,1H3,(H,12,14). The van der Waals surface area contributed by atoms with Gasteiger partial charge in [0.1, 0.15) is 5.41 Å². The Morgan fingerprint density at radius 3 is 2.80 bits per heavy atom. The lowest BCUT2D eigenvalue weighted by Crippen LogP contribution is -2.59. The van der Waals surface area contributed by atoms with Crippen LogP contribution in [0.2, 0.25) is 0 Å². The molecule has 0 spiro atoms. The van der Waals surface area contributed by atoms with Crippen LogP contribution in [0.5, 0.6) is 0 Å². The Morgan fingerprint density at radius 1 is 1.67 bits per heavy atom. The molecule has 2 aliphatic heterocycles. The largest absolute Gasteiger partial charge is 0.379 e.